The van der Waals surface area contributed by atoms with Crippen LogP contribution in [-0.4, -0.2) is 5.84 Å². The van der Waals surface area contributed by atoms with Crippen molar-refractivity contribution >= 4 is 11.5 Å². The zero-order chi connectivity index (χ0) is 23.1. The Morgan fingerprint density at radius 1 is 0.625 bits per heavy atom. The summed E-state index contributed by atoms with van der Waals surface area (Å²) in [5, 5.41) is 7.33. The van der Waals surface area contributed by atoms with E-state index in [-0.39, 0.29) is 5.84 Å². The van der Waals surface area contributed by atoms with Crippen LogP contribution in [0, 0.1) is 19.3 Å². The first-order valence-corrected chi connectivity index (χ1v) is 10.5. The van der Waals surface area contributed by atoms with Gasteiger partial charge in [-0.1, -0.05) is 97.6 Å². The summed E-state index contributed by atoms with van der Waals surface area (Å²) in [4.78, 5) is 0. The van der Waals surface area contributed by atoms with Crippen LogP contribution < -0.4 is 11.5 Å². The Morgan fingerprint density at radius 2 is 1.16 bits per heavy atom. The number of nitrogen functional groups attached to an aromatic ring is 1. The molecule has 0 aliphatic carbocycles. The van der Waals surface area contributed by atoms with Crippen molar-refractivity contribution in [2.75, 3.05) is 0 Å². The highest BCUT2D eigenvalue weighted by Gasteiger charge is 2.03. The van der Waals surface area contributed by atoms with Gasteiger partial charge in [0.2, 0.25) is 0 Å². The van der Waals surface area contributed by atoms with E-state index in [0.29, 0.717) is 5.70 Å². The summed E-state index contributed by atoms with van der Waals surface area (Å²) < 4.78 is 0. The van der Waals surface area contributed by atoms with Crippen LogP contribution in [0.5, 0.6) is 0 Å². The largest absolute Gasteiger partial charge is 0.399 e. The van der Waals surface area contributed by atoms with E-state index in [1.807, 2.05) is 60.7 Å². The molecule has 0 aliphatic rings. The SMILES string of the molecule is C=C(N)c1cccc(-c2ccccc2C)c1.Cc1ccccc1-c1ccc(C(=N)N)cc1. The lowest BCUT2D eigenvalue weighted by atomic mass is 9.98. The highest BCUT2D eigenvalue weighted by atomic mass is 14.7. The van der Waals surface area contributed by atoms with Crippen molar-refractivity contribution in [3.05, 3.63) is 126 Å². The fourth-order valence-electron chi connectivity index (χ4n) is 3.51. The standard InChI is InChI=1S/C15H15N.C14H14N2/c1-11-6-3-4-9-15(11)14-8-5-7-13(10-14)12(2)16;1-10-4-2-3-5-13(10)11-6-8-12(9-7-11)14(15)16/h3-10H,2,16H2,1H3;2-9H,1H3,(H3,15,16). The monoisotopic (exact) mass is 419 g/mol. The molecule has 32 heavy (non-hydrogen) atoms. The Kier molecular flexibility index (Phi) is 7.25. The van der Waals surface area contributed by atoms with Crippen LogP contribution in [0.2, 0.25) is 0 Å². The molecule has 4 aromatic rings. The van der Waals surface area contributed by atoms with Crippen LogP contribution >= 0.6 is 0 Å². The molecule has 0 aliphatic heterocycles. The molecule has 0 heterocycles. The van der Waals surface area contributed by atoms with E-state index >= 15 is 0 Å². The lowest BCUT2D eigenvalue weighted by Gasteiger charge is -2.07. The van der Waals surface area contributed by atoms with Gasteiger partial charge in [-0.25, -0.2) is 0 Å². The number of amidine groups is 1. The molecule has 0 amide bonds. The molecule has 4 rings (SSSR count). The third-order valence-corrected chi connectivity index (χ3v) is 5.34. The van der Waals surface area contributed by atoms with Crippen LogP contribution in [0.15, 0.2) is 104 Å². The first-order valence-electron chi connectivity index (χ1n) is 10.5. The molecule has 0 atom stereocenters. The topological polar surface area (TPSA) is 75.9 Å². The molecule has 4 aromatic carbocycles. The number of nitrogens with two attached hydrogens (primary N) is 2. The minimum Gasteiger partial charge on any atom is -0.399 e. The van der Waals surface area contributed by atoms with Crippen molar-refractivity contribution in [2.24, 2.45) is 11.5 Å². The van der Waals surface area contributed by atoms with Crippen LogP contribution in [0.4, 0.5) is 0 Å². The third kappa shape index (κ3) is 5.52. The molecule has 0 aromatic heterocycles. The Balaban J connectivity index is 0.000000181. The molecule has 0 spiro atoms. The van der Waals surface area contributed by atoms with Gasteiger partial charge in [-0.05, 0) is 58.9 Å². The Morgan fingerprint density at radius 3 is 1.66 bits per heavy atom. The molecule has 0 fully saturated rings. The second kappa shape index (κ2) is 10.3. The molecule has 0 radical (unpaired) electrons. The summed E-state index contributed by atoms with van der Waals surface area (Å²) in [7, 11) is 0. The van der Waals surface area contributed by atoms with Gasteiger partial charge < -0.3 is 11.5 Å². The van der Waals surface area contributed by atoms with E-state index in [9.17, 15) is 0 Å². The molecule has 0 saturated heterocycles. The van der Waals surface area contributed by atoms with Gasteiger partial charge in [0.25, 0.3) is 0 Å². The van der Waals surface area contributed by atoms with Gasteiger partial charge >= 0.3 is 0 Å². The summed E-state index contributed by atoms with van der Waals surface area (Å²) in [6.07, 6.45) is 0. The average Bonchev–Trinajstić information content (AvgIpc) is 2.80. The fourth-order valence-corrected chi connectivity index (χ4v) is 3.51. The molecule has 0 saturated carbocycles. The summed E-state index contributed by atoms with van der Waals surface area (Å²) in [6.45, 7) is 7.96. The van der Waals surface area contributed by atoms with E-state index in [4.69, 9.17) is 16.9 Å². The second-order valence-electron chi connectivity index (χ2n) is 7.73. The predicted octanol–water partition coefficient (Wildman–Crippen LogP) is 6.54. The summed E-state index contributed by atoms with van der Waals surface area (Å²) in [6, 6.07) is 32.5. The number of benzene rings is 4. The van der Waals surface area contributed by atoms with Crippen molar-refractivity contribution in [3.63, 3.8) is 0 Å². The van der Waals surface area contributed by atoms with Crippen molar-refractivity contribution in [1.29, 1.82) is 5.41 Å². The zero-order valence-corrected chi connectivity index (χ0v) is 18.6. The molecular weight excluding hydrogens is 390 g/mol. The molecule has 0 bridgehead atoms. The normalized spacial score (nSPS) is 10.1. The quantitative estimate of drug-likeness (QED) is 0.259. The van der Waals surface area contributed by atoms with E-state index in [0.717, 1.165) is 16.7 Å². The van der Waals surface area contributed by atoms with Crippen molar-refractivity contribution in [1.82, 2.24) is 0 Å². The zero-order valence-electron chi connectivity index (χ0n) is 18.6. The Labute approximate surface area is 190 Å². The molecular formula is C29H29N3. The molecule has 160 valence electrons. The second-order valence-corrected chi connectivity index (χ2v) is 7.73. The summed E-state index contributed by atoms with van der Waals surface area (Å²) in [5.74, 6) is 0.108. The molecule has 0 unspecified atom stereocenters. The average molecular weight is 420 g/mol. The van der Waals surface area contributed by atoms with Gasteiger partial charge in [0.15, 0.2) is 0 Å². The Hall–Kier alpha value is -4.11. The van der Waals surface area contributed by atoms with Gasteiger partial charge in [0, 0.05) is 11.3 Å². The molecule has 5 N–H and O–H groups in total. The van der Waals surface area contributed by atoms with Crippen molar-refractivity contribution in [2.45, 2.75) is 13.8 Å². The number of hydrogen-bond acceptors (Lipinski definition) is 2. The lowest BCUT2D eigenvalue weighted by molar-refractivity contribution is 1.42. The number of nitrogens with one attached hydrogen (secondary N) is 1. The van der Waals surface area contributed by atoms with Gasteiger partial charge in [-0.15, -0.1) is 0 Å². The molecule has 3 nitrogen and oxygen atoms in total. The maximum absolute atomic E-state index is 7.33. The maximum Gasteiger partial charge on any atom is 0.122 e. The van der Waals surface area contributed by atoms with Crippen LogP contribution in [0.3, 0.4) is 0 Å². The first kappa shape index (κ1) is 22.6. The minimum atomic E-state index is 0.108. The van der Waals surface area contributed by atoms with E-state index in [2.05, 4.69) is 56.8 Å². The van der Waals surface area contributed by atoms with Crippen LogP contribution in [0.1, 0.15) is 22.3 Å². The maximum atomic E-state index is 7.33. The smallest absolute Gasteiger partial charge is 0.122 e. The van der Waals surface area contributed by atoms with Gasteiger partial charge in [0.1, 0.15) is 5.84 Å². The van der Waals surface area contributed by atoms with Gasteiger partial charge in [0.05, 0.1) is 0 Å². The minimum absolute atomic E-state index is 0.108. The van der Waals surface area contributed by atoms with Crippen LogP contribution in [-0.2, 0) is 0 Å². The van der Waals surface area contributed by atoms with E-state index in [1.165, 1.54) is 27.8 Å². The van der Waals surface area contributed by atoms with Crippen molar-refractivity contribution in [3.8, 4) is 22.3 Å². The van der Waals surface area contributed by atoms with E-state index < -0.39 is 0 Å². The number of hydrogen-bond donors (Lipinski definition) is 3. The van der Waals surface area contributed by atoms with Crippen molar-refractivity contribution < 1.29 is 0 Å². The van der Waals surface area contributed by atoms with Gasteiger partial charge in [-0.3, -0.25) is 5.41 Å². The van der Waals surface area contributed by atoms with Gasteiger partial charge in [-0.2, -0.15) is 0 Å². The molecule has 3 heteroatoms. The fraction of sp³-hybridized carbons (Fsp3) is 0.0690. The van der Waals surface area contributed by atoms with Crippen LogP contribution in [0.25, 0.3) is 28.0 Å². The highest BCUT2D eigenvalue weighted by Crippen LogP contribution is 2.25. The van der Waals surface area contributed by atoms with E-state index in [1.54, 1.807) is 0 Å². The lowest BCUT2D eigenvalue weighted by Crippen LogP contribution is -2.10. The first-order chi connectivity index (χ1) is 15.4. The highest BCUT2D eigenvalue weighted by molar-refractivity contribution is 5.95. The summed E-state index contributed by atoms with van der Waals surface area (Å²) in [5.41, 5.74) is 20.8. The third-order valence-electron chi connectivity index (χ3n) is 5.34. The predicted molar refractivity (Wildman–Crippen MR) is 137 cm³/mol. The Bertz CT molecular complexity index is 1240. The summed E-state index contributed by atoms with van der Waals surface area (Å²) >= 11 is 0. The number of rotatable bonds is 4. The number of aryl methyl sites for hydroxylation is 2.